The molecule has 5 rings (SSSR count). The average molecular weight is 475 g/mol. The lowest BCUT2D eigenvalue weighted by molar-refractivity contribution is 0.0707. The number of benzene rings is 2. The van der Waals surface area contributed by atoms with E-state index in [2.05, 4.69) is 15.3 Å². The predicted octanol–water partition coefficient (Wildman–Crippen LogP) is 3.96. The maximum Gasteiger partial charge on any atom is 0.256 e. The number of hydrogen-bond acceptors (Lipinski definition) is 4. The van der Waals surface area contributed by atoms with E-state index in [9.17, 15) is 18.4 Å². The quantitative estimate of drug-likeness (QED) is 0.474. The molecule has 1 saturated heterocycles. The van der Waals surface area contributed by atoms with Crippen molar-refractivity contribution >= 4 is 17.5 Å². The maximum absolute atomic E-state index is 14.0. The highest BCUT2D eigenvalue weighted by Gasteiger charge is 2.26. The number of fused-ring (bicyclic) bond motifs is 1. The van der Waals surface area contributed by atoms with E-state index in [0.717, 1.165) is 35.1 Å². The number of carbonyl (C=O) groups excluding carboxylic acids is 2. The third-order valence-electron chi connectivity index (χ3n) is 6.35. The molecule has 0 radical (unpaired) electrons. The summed E-state index contributed by atoms with van der Waals surface area (Å²) in [6.45, 7) is 1.21. The first kappa shape index (κ1) is 22.6. The van der Waals surface area contributed by atoms with Gasteiger partial charge in [0.15, 0.2) is 5.65 Å². The number of imidazole rings is 1. The number of aromatic nitrogens is 3. The molecule has 7 nitrogen and oxygen atoms in total. The molecule has 0 unspecified atom stereocenters. The zero-order chi connectivity index (χ0) is 24.4. The van der Waals surface area contributed by atoms with Crippen LogP contribution in [-0.2, 0) is 6.54 Å². The second-order valence-electron chi connectivity index (χ2n) is 8.57. The third-order valence-corrected chi connectivity index (χ3v) is 6.35. The van der Waals surface area contributed by atoms with Gasteiger partial charge in [-0.05, 0) is 54.7 Å². The minimum Gasteiger partial charge on any atom is -0.346 e. The Balaban J connectivity index is 1.16. The standard InChI is InChI=1S/C26H23F2N5O2/c27-20-5-6-23(28)22(13-20)26(35)32-10-7-18(8-11-32)17-1-3-19(4-2-17)25(34)31-14-21-16-33-12-9-29-24(33)15-30-21/h1-6,9,12-13,15-16,18H,7-8,10-11,14H2,(H,31,34). The molecular weight excluding hydrogens is 452 g/mol. The smallest absolute Gasteiger partial charge is 0.256 e. The highest BCUT2D eigenvalue weighted by atomic mass is 19.1. The number of likely N-dealkylation sites (tertiary alicyclic amines) is 1. The highest BCUT2D eigenvalue weighted by Crippen LogP contribution is 2.29. The number of nitrogens with zero attached hydrogens (tertiary/aromatic N) is 4. The van der Waals surface area contributed by atoms with Crippen LogP contribution in [0, 0.1) is 11.6 Å². The van der Waals surface area contributed by atoms with Crippen LogP contribution >= 0.6 is 0 Å². The Labute approximate surface area is 200 Å². The second kappa shape index (κ2) is 9.61. The van der Waals surface area contributed by atoms with Crippen LogP contribution in [0.3, 0.4) is 0 Å². The molecule has 3 heterocycles. The Bertz CT molecular complexity index is 1380. The molecule has 2 aromatic carbocycles. The predicted molar refractivity (Wildman–Crippen MR) is 125 cm³/mol. The summed E-state index contributed by atoms with van der Waals surface area (Å²) in [5.74, 6) is -1.81. The first-order valence-electron chi connectivity index (χ1n) is 11.4. The Morgan fingerprint density at radius 3 is 2.57 bits per heavy atom. The van der Waals surface area contributed by atoms with E-state index in [4.69, 9.17) is 0 Å². The zero-order valence-corrected chi connectivity index (χ0v) is 18.8. The largest absolute Gasteiger partial charge is 0.346 e. The molecule has 178 valence electrons. The van der Waals surface area contributed by atoms with Crippen LogP contribution in [0.1, 0.15) is 50.7 Å². The minimum atomic E-state index is -0.717. The van der Waals surface area contributed by atoms with Gasteiger partial charge < -0.3 is 14.6 Å². The number of rotatable bonds is 5. The van der Waals surface area contributed by atoms with Crippen molar-refractivity contribution in [1.82, 2.24) is 24.6 Å². The Kier molecular flexibility index (Phi) is 6.22. The molecule has 2 amide bonds. The van der Waals surface area contributed by atoms with Crippen molar-refractivity contribution in [3.63, 3.8) is 0 Å². The van der Waals surface area contributed by atoms with Crippen molar-refractivity contribution in [3.8, 4) is 0 Å². The molecule has 0 saturated carbocycles. The molecule has 4 aromatic rings. The normalized spacial score (nSPS) is 14.3. The lowest BCUT2D eigenvalue weighted by Gasteiger charge is -2.32. The summed E-state index contributed by atoms with van der Waals surface area (Å²) in [5, 5.41) is 2.88. The van der Waals surface area contributed by atoms with Gasteiger partial charge in [-0.25, -0.2) is 13.8 Å². The van der Waals surface area contributed by atoms with Crippen molar-refractivity contribution in [1.29, 1.82) is 0 Å². The van der Waals surface area contributed by atoms with Gasteiger partial charge in [0.1, 0.15) is 11.6 Å². The molecule has 0 spiro atoms. The molecule has 0 aliphatic carbocycles. The Hall–Kier alpha value is -4.14. The molecule has 1 aliphatic heterocycles. The summed E-state index contributed by atoms with van der Waals surface area (Å²) in [6.07, 6.45) is 8.40. The van der Waals surface area contributed by atoms with E-state index in [1.54, 1.807) is 29.4 Å². The van der Waals surface area contributed by atoms with E-state index >= 15 is 0 Å². The molecule has 1 aliphatic rings. The fraction of sp³-hybridized carbons (Fsp3) is 0.231. The third kappa shape index (κ3) is 4.89. The molecule has 1 fully saturated rings. The van der Waals surface area contributed by atoms with Crippen molar-refractivity contribution in [3.05, 3.63) is 101 Å². The summed E-state index contributed by atoms with van der Waals surface area (Å²) in [7, 11) is 0. The zero-order valence-electron chi connectivity index (χ0n) is 18.8. The fourth-order valence-corrected chi connectivity index (χ4v) is 4.39. The first-order chi connectivity index (χ1) is 17.0. The molecule has 35 heavy (non-hydrogen) atoms. The second-order valence-corrected chi connectivity index (χ2v) is 8.57. The van der Waals surface area contributed by atoms with Gasteiger partial charge in [0.05, 0.1) is 24.0 Å². The summed E-state index contributed by atoms with van der Waals surface area (Å²) in [4.78, 5) is 35.2. The van der Waals surface area contributed by atoms with Crippen molar-refractivity contribution in [2.75, 3.05) is 13.1 Å². The molecule has 0 atom stereocenters. The molecule has 2 aromatic heterocycles. The van der Waals surface area contributed by atoms with Crippen LogP contribution in [0.5, 0.6) is 0 Å². The monoisotopic (exact) mass is 475 g/mol. The van der Waals surface area contributed by atoms with Crippen molar-refractivity contribution in [2.45, 2.75) is 25.3 Å². The summed E-state index contributed by atoms with van der Waals surface area (Å²) in [6, 6.07) is 10.4. The van der Waals surface area contributed by atoms with E-state index in [1.165, 1.54) is 0 Å². The van der Waals surface area contributed by atoms with E-state index in [0.29, 0.717) is 38.0 Å². The van der Waals surface area contributed by atoms with Crippen LogP contribution in [0.25, 0.3) is 5.65 Å². The van der Waals surface area contributed by atoms with Gasteiger partial charge in [-0.2, -0.15) is 0 Å². The topological polar surface area (TPSA) is 79.6 Å². The number of amides is 2. The van der Waals surface area contributed by atoms with E-state index in [-0.39, 0.29) is 17.4 Å². The van der Waals surface area contributed by atoms with Crippen molar-refractivity contribution < 1.29 is 18.4 Å². The number of piperidine rings is 1. The van der Waals surface area contributed by atoms with Gasteiger partial charge in [0.25, 0.3) is 11.8 Å². The van der Waals surface area contributed by atoms with Gasteiger partial charge >= 0.3 is 0 Å². The van der Waals surface area contributed by atoms with Gasteiger partial charge in [-0.3, -0.25) is 14.6 Å². The average Bonchev–Trinajstić information content (AvgIpc) is 3.36. The van der Waals surface area contributed by atoms with Crippen LogP contribution in [-0.4, -0.2) is 44.2 Å². The molecule has 0 bridgehead atoms. The first-order valence-corrected chi connectivity index (χ1v) is 11.4. The molecule has 1 N–H and O–H groups in total. The summed E-state index contributed by atoms with van der Waals surface area (Å²) >= 11 is 0. The molecule has 9 heteroatoms. The number of hydrogen-bond donors (Lipinski definition) is 1. The number of nitrogens with one attached hydrogen (secondary N) is 1. The van der Waals surface area contributed by atoms with Crippen LogP contribution < -0.4 is 5.32 Å². The number of carbonyl (C=O) groups is 2. The van der Waals surface area contributed by atoms with Gasteiger partial charge in [-0.15, -0.1) is 0 Å². The summed E-state index contributed by atoms with van der Waals surface area (Å²) in [5.41, 5.74) is 2.86. The minimum absolute atomic E-state index is 0.193. The van der Waals surface area contributed by atoms with Gasteiger partial charge in [-0.1, -0.05) is 12.1 Å². The lowest BCUT2D eigenvalue weighted by Crippen LogP contribution is -2.38. The van der Waals surface area contributed by atoms with Crippen LogP contribution in [0.4, 0.5) is 8.78 Å². The summed E-state index contributed by atoms with van der Waals surface area (Å²) < 4.78 is 29.3. The number of halogens is 2. The SMILES string of the molecule is O=C(NCc1cn2ccnc2cn1)c1ccc(C2CCN(C(=O)c3cc(F)ccc3F)CC2)cc1. The lowest BCUT2D eigenvalue weighted by atomic mass is 9.88. The Morgan fingerprint density at radius 1 is 1.03 bits per heavy atom. The van der Waals surface area contributed by atoms with Crippen LogP contribution in [0.15, 0.2) is 67.3 Å². The van der Waals surface area contributed by atoms with E-state index in [1.807, 2.05) is 28.9 Å². The maximum atomic E-state index is 14.0. The van der Waals surface area contributed by atoms with Gasteiger partial charge in [0, 0.05) is 37.2 Å². The Morgan fingerprint density at radius 2 is 1.80 bits per heavy atom. The van der Waals surface area contributed by atoms with Crippen LogP contribution in [0.2, 0.25) is 0 Å². The molecular formula is C26H23F2N5O2. The van der Waals surface area contributed by atoms with Crippen molar-refractivity contribution in [2.24, 2.45) is 0 Å². The van der Waals surface area contributed by atoms with Gasteiger partial charge in [0.2, 0.25) is 0 Å². The highest BCUT2D eigenvalue weighted by molar-refractivity contribution is 5.95. The van der Waals surface area contributed by atoms with E-state index < -0.39 is 17.5 Å². The fourth-order valence-electron chi connectivity index (χ4n) is 4.39.